The van der Waals surface area contributed by atoms with Gasteiger partial charge in [0.05, 0.1) is 12.1 Å². The van der Waals surface area contributed by atoms with E-state index in [0.717, 1.165) is 57.1 Å². The summed E-state index contributed by atoms with van der Waals surface area (Å²) in [5.74, 6) is 2.15. The summed E-state index contributed by atoms with van der Waals surface area (Å²) in [7, 11) is 3.88. The lowest BCUT2D eigenvalue weighted by Crippen LogP contribution is -2.66. The minimum atomic E-state index is -0.613. The van der Waals surface area contributed by atoms with Crippen LogP contribution in [0.3, 0.4) is 0 Å². The summed E-state index contributed by atoms with van der Waals surface area (Å²) in [6.07, 6.45) is 10.2. The molecule has 33 heavy (non-hydrogen) atoms. The molecule has 1 aliphatic heterocycles. The van der Waals surface area contributed by atoms with E-state index in [4.69, 9.17) is 10.5 Å². The lowest BCUT2D eigenvalue weighted by molar-refractivity contribution is -0.209. The highest BCUT2D eigenvalue weighted by Crippen LogP contribution is 2.64. The Morgan fingerprint density at radius 2 is 1.91 bits per heavy atom. The molecule has 2 N–H and O–H groups in total. The van der Waals surface area contributed by atoms with Gasteiger partial charge in [0.1, 0.15) is 17.7 Å². The number of likely N-dealkylation sites (tertiary alicyclic amines) is 1. The maximum absolute atomic E-state index is 13.6. The van der Waals surface area contributed by atoms with Crippen molar-refractivity contribution in [3.8, 4) is 6.07 Å². The summed E-state index contributed by atoms with van der Waals surface area (Å²) in [5, 5.41) is 9.59. The summed E-state index contributed by atoms with van der Waals surface area (Å²) in [6.45, 7) is 0. The number of ether oxygens (including phenoxy) is 1. The summed E-state index contributed by atoms with van der Waals surface area (Å²) in [5.41, 5.74) is 6.00. The predicted octanol–water partition coefficient (Wildman–Crippen LogP) is 2.39. The number of amides is 1. The molecule has 6 unspecified atom stereocenters. The molecule has 6 fully saturated rings. The molecule has 9 atom stereocenters. The molecule has 6 rings (SSSR count). The van der Waals surface area contributed by atoms with Crippen LogP contribution in [0.5, 0.6) is 0 Å². The standard InChI is InChI=1S/C25H38N4O3S/c1-28(2)19(4-5-33-3)23(31)32-25-11-15-6-16(12-25)10-24(9-15,14-25)21(27)22(30)29-18(13-26)7-17-8-20(17)29/h15-21H,4-12,14,27H2,1-3H3/t15-,16?,17?,18-,19?,20?,21+,24?,25?/m0/s1. The third kappa shape index (κ3) is 3.98. The molecule has 7 nitrogen and oxygen atoms in total. The number of thioether (sulfide) groups is 1. The molecule has 5 aliphatic carbocycles. The van der Waals surface area contributed by atoms with Gasteiger partial charge in [-0.2, -0.15) is 17.0 Å². The number of piperidine rings is 1. The largest absolute Gasteiger partial charge is 0.458 e. The predicted molar refractivity (Wildman–Crippen MR) is 127 cm³/mol. The van der Waals surface area contributed by atoms with Crippen LogP contribution in [0.4, 0.5) is 0 Å². The van der Waals surface area contributed by atoms with Gasteiger partial charge >= 0.3 is 5.97 Å². The molecule has 0 radical (unpaired) electrons. The summed E-state index contributed by atoms with van der Waals surface area (Å²) < 4.78 is 6.40. The van der Waals surface area contributed by atoms with E-state index in [-0.39, 0.29) is 35.4 Å². The molecular weight excluding hydrogens is 436 g/mol. The highest BCUT2D eigenvalue weighted by Gasteiger charge is 2.64. The second kappa shape index (κ2) is 8.42. The molecule has 1 heterocycles. The number of nitrogens with two attached hydrogens (primary N) is 1. The fourth-order valence-corrected chi connectivity index (χ4v) is 8.60. The van der Waals surface area contributed by atoms with Gasteiger partial charge in [0, 0.05) is 6.04 Å². The van der Waals surface area contributed by atoms with Crippen LogP contribution in [0.1, 0.15) is 57.8 Å². The minimum Gasteiger partial charge on any atom is -0.458 e. The molecule has 0 aromatic carbocycles. The number of likely N-dealkylation sites (N-methyl/N-ethyl adjacent to an activating group) is 1. The SMILES string of the molecule is CSCCC(C(=O)OC12CC3C[C@H](C1)CC([C@H](N)C(=O)N1C4CC4C[C@H]1C#N)(C3)C2)N(C)C. The number of fused-ring (bicyclic) bond motifs is 1. The van der Waals surface area contributed by atoms with E-state index in [1.165, 1.54) is 0 Å². The summed E-state index contributed by atoms with van der Waals surface area (Å²) >= 11 is 1.74. The Morgan fingerprint density at radius 3 is 2.52 bits per heavy atom. The van der Waals surface area contributed by atoms with Gasteiger partial charge < -0.3 is 15.4 Å². The average Bonchev–Trinajstić information content (AvgIpc) is 3.41. The Hall–Kier alpha value is -1.30. The highest BCUT2D eigenvalue weighted by molar-refractivity contribution is 7.98. The smallest absolute Gasteiger partial charge is 0.323 e. The average molecular weight is 475 g/mol. The van der Waals surface area contributed by atoms with Crippen LogP contribution in [0.25, 0.3) is 0 Å². The lowest BCUT2D eigenvalue weighted by Gasteiger charge is -2.62. The van der Waals surface area contributed by atoms with Crippen molar-refractivity contribution in [3.05, 3.63) is 0 Å². The molecule has 5 saturated carbocycles. The lowest BCUT2D eigenvalue weighted by atomic mass is 9.46. The third-order valence-corrected chi connectivity index (χ3v) is 9.94. The highest BCUT2D eigenvalue weighted by atomic mass is 32.2. The van der Waals surface area contributed by atoms with Crippen molar-refractivity contribution in [1.82, 2.24) is 9.80 Å². The second-order valence-electron chi connectivity index (χ2n) is 11.9. The first kappa shape index (κ1) is 23.4. The number of nitrogens with zero attached hydrogens (tertiary/aromatic N) is 3. The fraction of sp³-hybridized carbons (Fsp3) is 0.880. The zero-order valence-corrected chi connectivity index (χ0v) is 21.0. The Kier molecular flexibility index (Phi) is 5.98. The van der Waals surface area contributed by atoms with Crippen molar-refractivity contribution in [2.75, 3.05) is 26.1 Å². The van der Waals surface area contributed by atoms with E-state index in [1.807, 2.05) is 23.9 Å². The third-order valence-electron chi connectivity index (χ3n) is 9.29. The number of nitriles is 1. The molecule has 4 bridgehead atoms. The van der Waals surface area contributed by atoms with Gasteiger partial charge in [-0.25, -0.2) is 0 Å². The topological polar surface area (TPSA) is 99.7 Å². The maximum atomic E-state index is 13.6. The number of esters is 1. The van der Waals surface area contributed by atoms with E-state index in [2.05, 4.69) is 12.3 Å². The van der Waals surface area contributed by atoms with Crippen molar-refractivity contribution in [3.63, 3.8) is 0 Å². The molecule has 1 amide bonds. The Labute approximate surface area is 201 Å². The molecule has 0 aromatic rings. The first-order valence-electron chi connectivity index (χ1n) is 12.6. The molecular formula is C25H38N4O3S. The first-order valence-corrected chi connectivity index (χ1v) is 14.0. The number of hydrogen-bond donors (Lipinski definition) is 1. The maximum Gasteiger partial charge on any atom is 0.323 e. The van der Waals surface area contributed by atoms with Gasteiger partial charge in [0.2, 0.25) is 5.91 Å². The van der Waals surface area contributed by atoms with Gasteiger partial charge in [-0.15, -0.1) is 0 Å². The fourth-order valence-electron chi connectivity index (χ4n) is 8.14. The zero-order valence-electron chi connectivity index (χ0n) is 20.2. The monoisotopic (exact) mass is 474 g/mol. The second-order valence-corrected chi connectivity index (χ2v) is 12.8. The van der Waals surface area contributed by atoms with E-state index < -0.39 is 11.6 Å². The van der Waals surface area contributed by atoms with Crippen molar-refractivity contribution in [1.29, 1.82) is 5.26 Å². The minimum absolute atomic E-state index is 0.0406. The Balaban J connectivity index is 1.35. The van der Waals surface area contributed by atoms with E-state index in [1.54, 1.807) is 11.8 Å². The van der Waals surface area contributed by atoms with Gasteiger partial charge in [-0.3, -0.25) is 14.5 Å². The van der Waals surface area contributed by atoms with Crippen LogP contribution in [-0.2, 0) is 14.3 Å². The van der Waals surface area contributed by atoms with Crippen LogP contribution >= 0.6 is 11.8 Å². The van der Waals surface area contributed by atoms with Crippen LogP contribution in [-0.4, -0.2) is 77.5 Å². The number of hydrogen-bond acceptors (Lipinski definition) is 7. The van der Waals surface area contributed by atoms with Crippen LogP contribution in [0, 0.1) is 34.5 Å². The van der Waals surface area contributed by atoms with Crippen molar-refractivity contribution < 1.29 is 14.3 Å². The normalized spacial score (nSPS) is 42.1. The zero-order chi connectivity index (χ0) is 23.5. The number of carbonyl (C=O) groups is 2. The van der Waals surface area contributed by atoms with Gasteiger partial charge in [0.25, 0.3) is 0 Å². The van der Waals surface area contributed by atoms with Crippen LogP contribution in [0.15, 0.2) is 0 Å². The first-order chi connectivity index (χ1) is 15.7. The van der Waals surface area contributed by atoms with E-state index >= 15 is 0 Å². The Morgan fingerprint density at radius 1 is 1.21 bits per heavy atom. The van der Waals surface area contributed by atoms with Gasteiger partial charge in [-0.05, 0) is 107 Å². The quantitative estimate of drug-likeness (QED) is 0.539. The van der Waals surface area contributed by atoms with Gasteiger partial charge in [0.15, 0.2) is 0 Å². The van der Waals surface area contributed by atoms with E-state index in [0.29, 0.717) is 24.2 Å². The molecule has 1 saturated heterocycles. The molecule has 0 aromatic heterocycles. The van der Waals surface area contributed by atoms with Crippen molar-refractivity contribution in [2.24, 2.45) is 28.9 Å². The molecule has 182 valence electrons. The summed E-state index contributed by atoms with van der Waals surface area (Å²) in [6, 6.07) is 1.36. The van der Waals surface area contributed by atoms with Gasteiger partial charge in [-0.1, -0.05) is 0 Å². The van der Waals surface area contributed by atoms with Crippen LogP contribution < -0.4 is 5.73 Å². The molecule has 6 aliphatic rings. The van der Waals surface area contributed by atoms with Crippen LogP contribution in [0.2, 0.25) is 0 Å². The van der Waals surface area contributed by atoms with Crippen molar-refractivity contribution in [2.45, 2.75) is 87.6 Å². The van der Waals surface area contributed by atoms with E-state index in [9.17, 15) is 14.9 Å². The molecule has 8 heteroatoms. The number of rotatable bonds is 8. The Bertz CT molecular complexity index is 843. The summed E-state index contributed by atoms with van der Waals surface area (Å²) in [4.78, 5) is 30.7. The van der Waals surface area contributed by atoms with Crippen molar-refractivity contribution >= 4 is 23.6 Å². The molecule has 0 spiro atoms. The number of carbonyl (C=O) groups excluding carboxylic acids is 2.